The molecule has 5 heteroatoms. The minimum absolute atomic E-state index is 0.201. The minimum Gasteiger partial charge on any atom is -0.384 e. The zero-order valence-electron chi connectivity index (χ0n) is 10.7. The molecule has 0 heterocycles. The normalized spacial score (nSPS) is 14.5. The Labute approximate surface area is 119 Å². The molecule has 2 atom stereocenters. The van der Waals surface area contributed by atoms with E-state index in [0.29, 0.717) is 16.0 Å². The average Bonchev–Trinajstić information content (AvgIpc) is 2.33. The number of ether oxygens (including phenoxy) is 1. The summed E-state index contributed by atoms with van der Waals surface area (Å²) < 4.78 is 5.13. The van der Waals surface area contributed by atoms with Crippen molar-refractivity contribution in [2.45, 2.75) is 25.8 Å². The Morgan fingerprint density at radius 2 is 2.06 bits per heavy atom. The maximum absolute atomic E-state index is 5.99. The fourth-order valence-electron chi connectivity index (χ4n) is 2.00. The van der Waals surface area contributed by atoms with Crippen LogP contribution in [-0.2, 0) is 11.2 Å². The van der Waals surface area contributed by atoms with Crippen LogP contribution in [0.25, 0.3) is 0 Å². The topological polar surface area (TPSA) is 47.3 Å². The smallest absolute Gasteiger partial charge is 0.0595 e. The van der Waals surface area contributed by atoms with Gasteiger partial charge >= 0.3 is 0 Å². The summed E-state index contributed by atoms with van der Waals surface area (Å²) in [7, 11) is 1.71. The summed E-state index contributed by atoms with van der Waals surface area (Å²) in [6.45, 7) is 2.88. The van der Waals surface area contributed by atoms with Gasteiger partial charge in [0, 0.05) is 19.8 Å². The van der Waals surface area contributed by atoms with Gasteiger partial charge in [0.2, 0.25) is 0 Å². The average molecular weight is 291 g/mol. The van der Waals surface area contributed by atoms with Gasteiger partial charge in [0.05, 0.1) is 10.0 Å². The van der Waals surface area contributed by atoms with E-state index in [1.165, 1.54) is 0 Å². The zero-order valence-corrected chi connectivity index (χ0v) is 12.3. The number of hydrogen-bond acceptors (Lipinski definition) is 3. The number of methoxy groups -OCH3 is 1. The van der Waals surface area contributed by atoms with Gasteiger partial charge in [-0.05, 0) is 36.5 Å². The molecule has 0 aliphatic carbocycles. The number of rotatable bonds is 7. The highest BCUT2D eigenvalue weighted by Gasteiger charge is 2.13. The number of nitrogens with two attached hydrogens (primary N) is 1. The van der Waals surface area contributed by atoms with Crippen molar-refractivity contribution in [1.82, 2.24) is 5.43 Å². The highest BCUT2D eigenvalue weighted by atomic mass is 35.5. The van der Waals surface area contributed by atoms with E-state index in [1.807, 2.05) is 18.2 Å². The molecular formula is C13H20Cl2N2O. The van der Waals surface area contributed by atoms with Crippen LogP contribution in [0.2, 0.25) is 10.0 Å². The summed E-state index contributed by atoms with van der Waals surface area (Å²) in [4.78, 5) is 0. The van der Waals surface area contributed by atoms with E-state index in [2.05, 4.69) is 12.3 Å². The molecule has 0 spiro atoms. The van der Waals surface area contributed by atoms with Crippen LogP contribution in [0.4, 0.5) is 0 Å². The van der Waals surface area contributed by atoms with Gasteiger partial charge in [0.15, 0.2) is 0 Å². The Bertz CT molecular complexity index is 374. The van der Waals surface area contributed by atoms with E-state index >= 15 is 0 Å². The van der Waals surface area contributed by atoms with Crippen molar-refractivity contribution in [3.63, 3.8) is 0 Å². The lowest BCUT2D eigenvalue weighted by atomic mass is 9.97. The van der Waals surface area contributed by atoms with Crippen LogP contribution in [0.15, 0.2) is 18.2 Å². The Kier molecular flexibility index (Phi) is 6.97. The first-order valence-electron chi connectivity index (χ1n) is 5.95. The summed E-state index contributed by atoms with van der Waals surface area (Å²) in [5.41, 5.74) is 3.96. The lowest BCUT2D eigenvalue weighted by Crippen LogP contribution is -2.38. The van der Waals surface area contributed by atoms with Crippen molar-refractivity contribution in [3.05, 3.63) is 33.8 Å². The first-order valence-corrected chi connectivity index (χ1v) is 6.71. The Morgan fingerprint density at radius 1 is 1.33 bits per heavy atom. The van der Waals surface area contributed by atoms with Crippen molar-refractivity contribution < 1.29 is 4.74 Å². The van der Waals surface area contributed by atoms with Crippen LogP contribution in [0.5, 0.6) is 0 Å². The number of hydrogen-bond donors (Lipinski definition) is 2. The van der Waals surface area contributed by atoms with E-state index in [1.54, 1.807) is 7.11 Å². The third-order valence-corrected chi connectivity index (χ3v) is 3.58. The maximum atomic E-state index is 5.99. The Morgan fingerprint density at radius 3 is 2.61 bits per heavy atom. The van der Waals surface area contributed by atoms with Gasteiger partial charge in [-0.3, -0.25) is 11.3 Å². The number of hydrazine groups is 1. The molecule has 1 rings (SSSR count). The molecule has 0 aromatic heterocycles. The predicted molar refractivity (Wildman–Crippen MR) is 76.9 cm³/mol. The molecule has 0 aliphatic heterocycles. The molecular weight excluding hydrogens is 271 g/mol. The third-order valence-electron chi connectivity index (χ3n) is 2.84. The molecule has 0 saturated carbocycles. The molecule has 102 valence electrons. The molecule has 0 saturated heterocycles. The van der Waals surface area contributed by atoms with Gasteiger partial charge in [-0.2, -0.15) is 0 Å². The molecule has 1 aromatic rings. The molecule has 0 bridgehead atoms. The van der Waals surface area contributed by atoms with Crippen LogP contribution in [0, 0.1) is 5.92 Å². The molecule has 18 heavy (non-hydrogen) atoms. The first-order chi connectivity index (χ1) is 8.56. The fourth-order valence-corrected chi connectivity index (χ4v) is 2.32. The van der Waals surface area contributed by atoms with E-state index in [4.69, 9.17) is 33.8 Å². The molecule has 3 nitrogen and oxygen atoms in total. The van der Waals surface area contributed by atoms with Gasteiger partial charge in [0.1, 0.15) is 0 Å². The Hall–Kier alpha value is -0.320. The molecule has 2 unspecified atom stereocenters. The number of nitrogens with one attached hydrogen (secondary N) is 1. The van der Waals surface area contributed by atoms with Gasteiger partial charge in [-0.15, -0.1) is 0 Å². The first kappa shape index (κ1) is 15.7. The van der Waals surface area contributed by atoms with E-state index in [0.717, 1.165) is 25.0 Å². The predicted octanol–water partition coefficient (Wildman–Crippen LogP) is 3.04. The summed E-state index contributed by atoms with van der Waals surface area (Å²) in [6, 6.07) is 5.87. The van der Waals surface area contributed by atoms with Crippen molar-refractivity contribution in [3.8, 4) is 0 Å². The fraction of sp³-hybridized carbons (Fsp3) is 0.538. The van der Waals surface area contributed by atoms with E-state index in [-0.39, 0.29) is 6.04 Å². The molecule has 3 N–H and O–H groups in total. The van der Waals surface area contributed by atoms with E-state index in [9.17, 15) is 0 Å². The second-order valence-electron chi connectivity index (χ2n) is 4.61. The van der Waals surface area contributed by atoms with Crippen LogP contribution in [0.3, 0.4) is 0 Å². The maximum Gasteiger partial charge on any atom is 0.0595 e. The third kappa shape index (κ3) is 5.12. The molecule has 0 amide bonds. The van der Waals surface area contributed by atoms with Crippen LogP contribution in [0.1, 0.15) is 18.9 Å². The SMILES string of the molecule is COCC(C)CC(Cc1ccc(Cl)c(Cl)c1)NN. The lowest BCUT2D eigenvalue weighted by molar-refractivity contribution is 0.149. The quantitative estimate of drug-likeness (QED) is 0.599. The molecule has 0 fully saturated rings. The summed E-state index contributed by atoms with van der Waals surface area (Å²) in [6.07, 6.45) is 1.77. The summed E-state index contributed by atoms with van der Waals surface area (Å²) in [5.74, 6) is 6.04. The second-order valence-corrected chi connectivity index (χ2v) is 5.43. The van der Waals surface area contributed by atoms with Crippen molar-refractivity contribution in [2.75, 3.05) is 13.7 Å². The zero-order chi connectivity index (χ0) is 13.5. The van der Waals surface area contributed by atoms with Crippen LogP contribution in [-0.4, -0.2) is 19.8 Å². The highest BCUT2D eigenvalue weighted by Crippen LogP contribution is 2.23. The summed E-state index contributed by atoms with van der Waals surface area (Å²) in [5, 5.41) is 1.15. The highest BCUT2D eigenvalue weighted by molar-refractivity contribution is 6.42. The molecule has 0 aliphatic rings. The largest absolute Gasteiger partial charge is 0.384 e. The van der Waals surface area contributed by atoms with Gasteiger partial charge < -0.3 is 4.74 Å². The van der Waals surface area contributed by atoms with Crippen LogP contribution >= 0.6 is 23.2 Å². The number of halogens is 2. The van der Waals surface area contributed by atoms with Gasteiger partial charge in [-0.1, -0.05) is 36.2 Å². The Balaban J connectivity index is 2.59. The van der Waals surface area contributed by atoms with Gasteiger partial charge in [-0.25, -0.2) is 0 Å². The van der Waals surface area contributed by atoms with Crippen LogP contribution < -0.4 is 11.3 Å². The second kappa shape index (κ2) is 7.97. The summed E-state index contributed by atoms with van der Waals surface area (Å²) >= 11 is 11.9. The number of benzene rings is 1. The van der Waals surface area contributed by atoms with Gasteiger partial charge in [0.25, 0.3) is 0 Å². The standard InChI is InChI=1S/C13H20Cl2N2O/c1-9(8-18-2)5-11(17-16)6-10-3-4-12(14)13(15)7-10/h3-4,7,9,11,17H,5-6,8,16H2,1-2H3. The lowest BCUT2D eigenvalue weighted by Gasteiger charge is -2.20. The van der Waals surface area contributed by atoms with Crippen molar-refractivity contribution in [1.29, 1.82) is 0 Å². The van der Waals surface area contributed by atoms with E-state index < -0.39 is 0 Å². The minimum atomic E-state index is 0.201. The monoisotopic (exact) mass is 290 g/mol. The molecule has 1 aromatic carbocycles. The van der Waals surface area contributed by atoms with Crippen molar-refractivity contribution >= 4 is 23.2 Å². The molecule has 0 radical (unpaired) electrons. The van der Waals surface area contributed by atoms with Crippen molar-refractivity contribution in [2.24, 2.45) is 11.8 Å².